The Hall–Kier alpha value is -4.00. The summed E-state index contributed by atoms with van der Waals surface area (Å²) in [5.41, 5.74) is 11.2. The standard InChI is InChI=1S/C29H32FN7O/c1-35(14-4-16-38-2)23-8-10-24(11-9-23)37-28(20-6-7-21(18-31)25(30)17-20)34-27-26(12-13-33-29(27)37)36-15-3-5-22(32)19-36/h6-13,17,22H,3-5,14-16,19,32H2,1-2H3/t22-/m1/s1. The molecule has 0 bridgehead atoms. The quantitative estimate of drug-likeness (QED) is 0.347. The highest BCUT2D eigenvalue weighted by atomic mass is 19.1. The van der Waals surface area contributed by atoms with Crippen LogP contribution in [0.2, 0.25) is 0 Å². The summed E-state index contributed by atoms with van der Waals surface area (Å²) in [6.45, 7) is 3.23. The number of aromatic nitrogens is 3. The van der Waals surface area contributed by atoms with Crippen molar-refractivity contribution in [2.24, 2.45) is 5.73 Å². The average Bonchev–Trinajstić information content (AvgIpc) is 3.33. The minimum Gasteiger partial charge on any atom is -0.385 e. The van der Waals surface area contributed by atoms with Crippen LogP contribution in [0, 0.1) is 17.1 Å². The molecule has 0 spiro atoms. The van der Waals surface area contributed by atoms with Crippen LogP contribution < -0.4 is 15.5 Å². The Labute approximate surface area is 222 Å². The molecule has 4 aromatic rings. The van der Waals surface area contributed by atoms with E-state index in [2.05, 4.69) is 29.0 Å². The molecule has 1 aliphatic rings. The van der Waals surface area contributed by atoms with Gasteiger partial charge in [-0.3, -0.25) is 4.57 Å². The number of hydrogen-bond donors (Lipinski definition) is 1. The zero-order valence-corrected chi connectivity index (χ0v) is 21.8. The number of anilines is 2. The van der Waals surface area contributed by atoms with Crippen molar-refractivity contribution >= 4 is 22.5 Å². The zero-order valence-electron chi connectivity index (χ0n) is 21.8. The molecule has 8 nitrogen and oxygen atoms in total. The largest absolute Gasteiger partial charge is 0.385 e. The molecule has 0 amide bonds. The van der Waals surface area contributed by atoms with E-state index in [4.69, 9.17) is 20.4 Å². The summed E-state index contributed by atoms with van der Waals surface area (Å²) in [4.78, 5) is 14.2. The number of pyridine rings is 1. The summed E-state index contributed by atoms with van der Waals surface area (Å²) in [5.74, 6) is -0.0160. The third kappa shape index (κ3) is 5.05. The Morgan fingerprint density at radius 2 is 2.03 bits per heavy atom. The third-order valence-electron chi connectivity index (χ3n) is 7.06. The third-order valence-corrected chi connectivity index (χ3v) is 7.06. The summed E-state index contributed by atoms with van der Waals surface area (Å²) in [5, 5.41) is 9.22. The molecular weight excluding hydrogens is 481 g/mol. The highest BCUT2D eigenvalue weighted by Crippen LogP contribution is 2.34. The SMILES string of the molecule is COCCCN(C)c1ccc(-n2c(-c3ccc(C#N)c(F)c3)nc3c(N4CCC[C@@H](N)C4)ccnc32)cc1. The van der Waals surface area contributed by atoms with Gasteiger partial charge in [-0.25, -0.2) is 14.4 Å². The van der Waals surface area contributed by atoms with E-state index < -0.39 is 5.82 Å². The highest BCUT2D eigenvalue weighted by Gasteiger charge is 2.24. The normalized spacial score (nSPS) is 15.6. The second-order valence-corrected chi connectivity index (χ2v) is 9.71. The van der Waals surface area contributed by atoms with Gasteiger partial charge in [0.2, 0.25) is 0 Å². The van der Waals surface area contributed by atoms with Gasteiger partial charge in [0.25, 0.3) is 0 Å². The fraction of sp³-hybridized carbons (Fsp3) is 0.345. The van der Waals surface area contributed by atoms with Crippen LogP contribution in [0.1, 0.15) is 24.8 Å². The number of nitriles is 1. The summed E-state index contributed by atoms with van der Waals surface area (Å²) in [7, 11) is 3.76. The number of halogens is 1. The first kappa shape index (κ1) is 25.6. The van der Waals surface area contributed by atoms with Crippen LogP contribution in [0.3, 0.4) is 0 Å². The van der Waals surface area contributed by atoms with Gasteiger partial charge in [0.1, 0.15) is 23.2 Å². The average molecular weight is 514 g/mol. The van der Waals surface area contributed by atoms with E-state index in [1.54, 1.807) is 19.4 Å². The molecular formula is C29H32FN7O. The number of nitrogens with two attached hydrogens (primary N) is 1. The summed E-state index contributed by atoms with van der Waals surface area (Å²) < 4.78 is 21.8. The fourth-order valence-corrected chi connectivity index (χ4v) is 5.06. The van der Waals surface area contributed by atoms with E-state index in [9.17, 15) is 9.65 Å². The van der Waals surface area contributed by atoms with Crippen LogP contribution in [0.25, 0.3) is 28.2 Å². The number of methoxy groups -OCH3 is 1. The van der Waals surface area contributed by atoms with Crippen LogP contribution >= 0.6 is 0 Å². The number of benzene rings is 2. The summed E-state index contributed by atoms with van der Waals surface area (Å²) in [6, 6.07) is 16.7. The topological polar surface area (TPSA) is 96.2 Å². The predicted octanol–water partition coefficient (Wildman–Crippen LogP) is 4.50. The van der Waals surface area contributed by atoms with Crippen LogP contribution in [0.15, 0.2) is 54.7 Å². The molecule has 1 saturated heterocycles. The van der Waals surface area contributed by atoms with E-state index in [1.807, 2.05) is 28.8 Å². The smallest absolute Gasteiger partial charge is 0.167 e. The van der Waals surface area contributed by atoms with E-state index in [0.29, 0.717) is 23.6 Å². The lowest BCUT2D eigenvalue weighted by atomic mass is 10.1. The van der Waals surface area contributed by atoms with Crippen molar-refractivity contribution in [3.63, 3.8) is 0 Å². The maximum atomic E-state index is 14.7. The Morgan fingerprint density at radius 3 is 2.74 bits per heavy atom. The molecule has 2 aromatic carbocycles. The van der Waals surface area contributed by atoms with Gasteiger partial charge in [-0.15, -0.1) is 0 Å². The van der Waals surface area contributed by atoms with E-state index >= 15 is 0 Å². The molecule has 9 heteroatoms. The first-order valence-electron chi connectivity index (χ1n) is 12.9. The highest BCUT2D eigenvalue weighted by molar-refractivity contribution is 5.90. The first-order chi connectivity index (χ1) is 18.5. The second kappa shape index (κ2) is 11.2. The minimum atomic E-state index is -0.577. The molecule has 0 aliphatic carbocycles. The molecule has 1 aliphatic heterocycles. The van der Waals surface area contributed by atoms with Crippen LogP contribution in [0.4, 0.5) is 15.8 Å². The Bertz CT molecular complexity index is 1460. The molecule has 5 rings (SSSR count). The number of fused-ring (bicyclic) bond motifs is 1. The lowest BCUT2D eigenvalue weighted by Crippen LogP contribution is -2.42. The van der Waals surface area contributed by atoms with Crippen molar-refractivity contribution in [1.82, 2.24) is 14.5 Å². The molecule has 0 radical (unpaired) electrons. The van der Waals surface area contributed by atoms with Gasteiger partial charge in [0.05, 0.1) is 11.3 Å². The molecule has 38 heavy (non-hydrogen) atoms. The minimum absolute atomic E-state index is 0.00149. The lowest BCUT2D eigenvalue weighted by molar-refractivity contribution is 0.196. The Balaban J connectivity index is 1.62. The molecule has 196 valence electrons. The fourth-order valence-electron chi connectivity index (χ4n) is 5.06. The van der Waals surface area contributed by atoms with Gasteiger partial charge in [-0.05, 0) is 67.8 Å². The van der Waals surface area contributed by atoms with Gasteiger partial charge in [0.15, 0.2) is 5.65 Å². The van der Waals surface area contributed by atoms with Crippen molar-refractivity contribution in [3.05, 3.63) is 66.1 Å². The number of imidazole rings is 1. The molecule has 1 fully saturated rings. The van der Waals surface area contributed by atoms with Gasteiger partial charge in [-0.2, -0.15) is 5.26 Å². The lowest BCUT2D eigenvalue weighted by Gasteiger charge is -2.32. The number of ether oxygens (including phenoxy) is 1. The number of piperidine rings is 1. The van der Waals surface area contributed by atoms with Gasteiger partial charge < -0.3 is 20.3 Å². The molecule has 2 aromatic heterocycles. The van der Waals surface area contributed by atoms with Gasteiger partial charge >= 0.3 is 0 Å². The molecule has 0 saturated carbocycles. The van der Waals surface area contributed by atoms with Gasteiger partial charge in [0, 0.05) is 69.6 Å². The number of nitrogens with zero attached hydrogens (tertiary/aromatic N) is 6. The van der Waals surface area contributed by atoms with Crippen molar-refractivity contribution in [1.29, 1.82) is 5.26 Å². The molecule has 2 N–H and O–H groups in total. The van der Waals surface area contributed by atoms with Crippen LogP contribution in [-0.2, 0) is 4.74 Å². The Morgan fingerprint density at radius 1 is 1.21 bits per heavy atom. The van der Waals surface area contributed by atoms with Gasteiger partial charge in [-0.1, -0.05) is 0 Å². The molecule has 0 unspecified atom stereocenters. The van der Waals surface area contributed by atoms with E-state index in [1.165, 1.54) is 12.1 Å². The second-order valence-electron chi connectivity index (χ2n) is 9.71. The van der Waals surface area contributed by atoms with Crippen molar-refractivity contribution < 1.29 is 9.13 Å². The van der Waals surface area contributed by atoms with Crippen LogP contribution in [-0.4, -0.2) is 61.0 Å². The van der Waals surface area contributed by atoms with Crippen molar-refractivity contribution in [2.45, 2.75) is 25.3 Å². The Kier molecular flexibility index (Phi) is 7.54. The summed E-state index contributed by atoms with van der Waals surface area (Å²) in [6.07, 6.45) is 4.74. The predicted molar refractivity (Wildman–Crippen MR) is 148 cm³/mol. The number of rotatable bonds is 8. The first-order valence-corrected chi connectivity index (χ1v) is 12.9. The zero-order chi connectivity index (χ0) is 26.6. The van der Waals surface area contributed by atoms with E-state index in [-0.39, 0.29) is 11.6 Å². The molecule has 3 heterocycles. The van der Waals surface area contributed by atoms with Crippen LogP contribution in [0.5, 0.6) is 0 Å². The van der Waals surface area contributed by atoms with Crippen molar-refractivity contribution in [2.75, 3.05) is 50.2 Å². The summed E-state index contributed by atoms with van der Waals surface area (Å²) >= 11 is 0. The van der Waals surface area contributed by atoms with Crippen molar-refractivity contribution in [3.8, 4) is 23.1 Å². The molecule has 1 atom stereocenters. The van der Waals surface area contributed by atoms with E-state index in [0.717, 1.165) is 61.5 Å². The monoisotopic (exact) mass is 513 g/mol. The maximum absolute atomic E-state index is 14.7. The maximum Gasteiger partial charge on any atom is 0.167 e. The number of hydrogen-bond acceptors (Lipinski definition) is 7.